The third-order valence-corrected chi connectivity index (χ3v) is 6.55. The Morgan fingerprint density at radius 1 is 0.973 bits per heavy atom. The number of hydrogen-bond acceptors (Lipinski definition) is 4. The third kappa shape index (κ3) is 10.0. The van der Waals surface area contributed by atoms with Crippen LogP contribution in [0.15, 0.2) is 24.3 Å². The van der Waals surface area contributed by atoms with Crippen molar-refractivity contribution in [1.29, 1.82) is 0 Å². The van der Waals surface area contributed by atoms with Crippen molar-refractivity contribution in [2.75, 3.05) is 0 Å². The Hall–Kier alpha value is -2.57. The molecule has 7 heteroatoms. The van der Waals surface area contributed by atoms with Gasteiger partial charge in [-0.2, -0.15) is 0 Å². The number of ether oxygens (including phenoxy) is 1. The van der Waals surface area contributed by atoms with Gasteiger partial charge >= 0.3 is 6.09 Å². The summed E-state index contributed by atoms with van der Waals surface area (Å²) in [6.07, 6.45) is 2.18. The van der Waals surface area contributed by atoms with E-state index in [9.17, 15) is 14.4 Å². The predicted octanol–water partition coefficient (Wildman–Crippen LogP) is 6.30. The molecule has 0 spiro atoms. The SMILES string of the molecule is CCCC(C)NC(=O)C(c1ccccc1C)N(C(=O)C(CC(C)C)NC(=O)OC(C)(C)C)C(C)(C)CC. The first-order valence-electron chi connectivity index (χ1n) is 13.7. The molecule has 0 saturated carbocycles. The molecule has 3 unspecified atom stereocenters. The van der Waals surface area contributed by atoms with Crippen LogP contribution in [0, 0.1) is 12.8 Å². The summed E-state index contributed by atoms with van der Waals surface area (Å²) in [4.78, 5) is 42.8. The monoisotopic (exact) mass is 517 g/mol. The Morgan fingerprint density at radius 2 is 1.57 bits per heavy atom. The molecule has 1 aromatic carbocycles. The first kappa shape index (κ1) is 32.5. The lowest BCUT2D eigenvalue weighted by molar-refractivity contribution is -0.150. The van der Waals surface area contributed by atoms with E-state index in [4.69, 9.17) is 4.74 Å². The van der Waals surface area contributed by atoms with Crippen molar-refractivity contribution in [3.8, 4) is 0 Å². The van der Waals surface area contributed by atoms with E-state index in [1.165, 1.54) is 0 Å². The standard InChI is InChI=1S/C30H51N3O4/c1-12-16-22(6)31-26(34)25(23-18-15-14-17-21(23)5)33(30(10,11)13-2)27(35)24(19-20(3)4)32-28(36)37-29(7,8)9/h14-15,17-18,20,22,24-25H,12-13,16,19H2,1-11H3,(H,31,34)(H,32,36). The maximum absolute atomic E-state index is 14.4. The smallest absolute Gasteiger partial charge is 0.408 e. The number of alkyl carbamates (subject to hydrolysis) is 1. The van der Waals surface area contributed by atoms with Crippen molar-refractivity contribution >= 4 is 17.9 Å². The second kappa shape index (κ2) is 13.8. The molecule has 0 bridgehead atoms. The number of carbonyl (C=O) groups excluding carboxylic acids is 3. The normalized spacial score (nSPS) is 14.5. The van der Waals surface area contributed by atoms with Crippen molar-refractivity contribution in [2.24, 2.45) is 5.92 Å². The van der Waals surface area contributed by atoms with Gasteiger partial charge in [-0.15, -0.1) is 0 Å². The molecular formula is C30H51N3O4. The summed E-state index contributed by atoms with van der Waals surface area (Å²) in [5.41, 5.74) is 0.340. The molecule has 3 atom stereocenters. The van der Waals surface area contributed by atoms with E-state index >= 15 is 0 Å². The van der Waals surface area contributed by atoms with E-state index in [1.807, 2.05) is 72.7 Å². The summed E-state index contributed by atoms with van der Waals surface area (Å²) in [6, 6.07) is 5.97. The van der Waals surface area contributed by atoms with Gasteiger partial charge in [-0.05, 0) is 84.8 Å². The van der Waals surface area contributed by atoms with Crippen LogP contribution in [0.25, 0.3) is 0 Å². The van der Waals surface area contributed by atoms with E-state index in [2.05, 4.69) is 17.6 Å². The van der Waals surface area contributed by atoms with E-state index in [0.717, 1.165) is 24.0 Å². The fourth-order valence-corrected chi connectivity index (χ4v) is 4.37. The fraction of sp³-hybridized carbons (Fsp3) is 0.700. The van der Waals surface area contributed by atoms with Crippen LogP contribution in [0.1, 0.15) is 112 Å². The topological polar surface area (TPSA) is 87.7 Å². The molecule has 0 radical (unpaired) electrons. The number of carbonyl (C=O) groups is 3. The Bertz CT molecular complexity index is 904. The zero-order valence-electron chi connectivity index (χ0n) is 25.0. The molecule has 2 N–H and O–H groups in total. The summed E-state index contributed by atoms with van der Waals surface area (Å²) >= 11 is 0. The molecule has 0 aliphatic carbocycles. The molecule has 210 valence electrons. The molecule has 0 aromatic heterocycles. The summed E-state index contributed by atoms with van der Waals surface area (Å²) in [5, 5.41) is 5.96. The van der Waals surface area contributed by atoms with E-state index in [1.54, 1.807) is 25.7 Å². The molecule has 0 heterocycles. The average molecular weight is 518 g/mol. The number of benzene rings is 1. The number of nitrogens with zero attached hydrogens (tertiary/aromatic N) is 1. The van der Waals surface area contributed by atoms with Gasteiger partial charge in [0.25, 0.3) is 0 Å². The fourth-order valence-electron chi connectivity index (χ4n) is 4.37. The number of amides is 3. The van der Waals surface area contributed by atoms with Crippen LogP contribution in [0.2, 0.25) is 0 Å². The quantitative estimate of drug-likeness (QED) is 0.341. The first-order valence-corrected chi connectivity index (χ1v) is 13.7. The largest absolute Gasteiger partial charge is 0.444 e. The molecule has 0 aliphatic heterocycles. The van der Waals surface area contributed by atoms with Crippen LogP contribution in [-0.4, -0.2) is 46.0 Å². The highest BCUT2D eigenvalue weighted by Gasteiger charge is 2.43. The number of rotatable bonds is 12. The second-order valence-corrected chi connectivity index (χ2v) is 12.2. The molecule has 37 heavy (non-hydrogen) atoms. The maximum Gasteiger partial charge on any atom is 0.408 e. The molecule has 1 rings (SSSR count). The minimum Gasteiger partial charge on any atom is -0.444 e. The van der Waals surface area contributed by atoms with Crippen LogP contribution in [0.3, 0.4) is 0 Å². The molecule has 0 saturated heterocycles. The third-order valence-electron chi connectivity index (χ3n) is 6.55. The molecule has 1 aromatic rings. The van der Waals surface area contributed by atoms with E-state index in [0.29, 0.717) is 12.8 Å². The van der Waals surface area contributed by atoms with Gasteiger partial charge in [-0.25, -0.2) is 4.79 Å². The van der Waals surface area contributed by atoms with Crippen LogP contribution >= 0.6 is 0 Å². The summed E-state index contributed by atoms with van der Waals surface area (Å²) in [5.74, 6) is -0.380. The van der Waals surface area contributed by atoms with Crippen LogP contribution in [-0.2, 0) is 14.3 Å². The van der Waals surface area contributed by atoms with Crippen LogP contribution < -0.4 is 10.6 Å². The molecule has 3 amide bonds. The average Bonchev–Trinajstić information content (AvgIpc) is 2.75. The van der Waals surface area contributed by atoms with Gasteiger partial charge in [0.15, 0.2) is 0 Å². The van der Waals surface area contributed by atoms with Gasteiger partial charge < -0.3 is 20.3 Å². The van der Waals surface area contributed by atoms with Gasteiger partial charge in [-0.3, -0.25) is 9.59 Å². The van der Waals surface area contributed by atoms with Gasteiger partial charge in [-0.1, -0.05) is 58.4 Å². The minimum absolute atomic E-state index is 0.0305. The summed E-state index contributed by atoms with van der Waals surface area (Å²) in [7, 11) is 0. The Balaban J connectivity index is 3.66. The van der Waals surface area contributed by atoms with Crippen molar-refractivity contribution in [1.82, 2.24) is 15.5 Å². The predicted molar refractivity (Wildman–Crippen MR) is 150 cm³/mol. The molecular weight excluding hydrogens is 466 g/mol. The summed E-state index contributed by atoms with van der Waals surface area (Å²) in [6.45, 7) is 21.3. The van der Waals surface area contributed by atoms with Gasteiger partial charge in [0.1, 0.15) is 17.7 Å². The van der Waals surface area contributed by atoms with Crippen molar-refractivity contribution in [2.45, 2.75) is 131 Å². The van der Waals surface area contributed by atoms with Gasteiger partial charge in [0.2, 0.25) is 11.8 Å². The highest BCUT2D eigenvalue weighted by atomic mass is 16.6. The lowest BCUT2D eigenvalue weighted by Crippen LogP contribution is -2.60. The second-order valence-electron chi connectivity index (χ2n) is 12.2. The zero-order valence-corrected chi connectivity index (χ0v) is 25.0. The number of nitrogens with one attached hydrogen (secondary N) is 2. The Morgan fingerprint density at radius 3 is 2.05 bits per heavy atom. The first-order chi connectivity index (χ1) is 17.0. The highest BCUT2D eigenvalue weighted by Crippen LogP contribution is 2.34. The summed E-state index contributed by atoms with van der Waals surface area (Å²) < 4.78 is 5.48. The Kier molecular flexibility index (Phi) is 12.1. The number of hydrogen-bond donors (Lipinski definition) is 2. The molecule has 0 aliphatic rings. The lowest BCUT2D eigenvalue weighted by atomic mass is 9.89. The van der Waals surface area contributed by atoms with E-state index < -0.39 is 29.3 Å². The minimum atomic E-state index is -0.849. The highest BCUT2D eigenvalue weighted by molar-refractivity contribution is 5.93. The van der Waals surface area contributed by atoms with Gasteiger partial charge in [0, 0.05) is 11.6 Å². The van der Waals surface area contributed by atoms with E-state index in [-0.39, 0.29) is 23.8 Å². The zero-order chi connectivity index (χ0) is 28.6. The van der Waals surface area contributed by atoms with Gasteiger partial charge in [0.05, 0.1) is 0 Å². The number of aryl methyl sites for hydroxylation is 1. The van der Waals surface area contributed by atoms with Crippen LogP contribution in [0.4, 0.5) is 4.79 Å². The van der Waals surface area contributed by atoms with Crippen molar-refractivity contribution < 1.29 is 19.1 Å². The maximum atomic E-state index is 14.4. The van der Waals surface area contributed by atoms with Crippen LogP contribution in [0.5, 0.6) is 0 Å². The Labute approximate surface area is 225 Å². The molecule has 7 nitrogen and oxygen atoms in total. The van der Waals surface area contributed by atoms with Crippen molar-refractivity contribution in [3.05, 3.63) is 35.4 Å². The molecule has 0 fully saturated rings. The van der Waals surface area contributed by atoms with Crippen molar-refractivity contribution in [3.63, 3.8) is 0 Å². The lowest BCUT2D eigenvalue weighted by Gasteiger charge is -2.45.